The minimum absolute atomic E-state index is 0.0809. The number of hydrogen-bond acceptors (Lipinski definition) is 7. The van der Waals surface area contributed by atoms with Crippen molar-refractivity contribution >= 4 is 5.97 Å². The lowest BCUT2D eigenvalue weighted by Gasteiger charge is -2.44. The van der Waals surface area contributed by atoms with Gasteiger partial charge in [-0.1, -0.05) is 91.0 Å². The molecule has 1 saturated heterocycles. The molecular formula is C29H32O7. The molecule has 1 aliphatic heterocycles. The van der Waals surface area contributed by atoms with Gasteiger partial charge in [-0.2, -0.15) is 0 Å². The number of aliphatic hydroxyl groups excluding tert-OH is 1. The normalized spacial score (nSPS) is 23.8. The molecule has 1 heterocycles. The van der Waals surface area contributed by atoms with E-state index in [0.29, 0.717) is 0 Å². The van der Waals surface area contributed by atoms with Gasteiger partial charge in [0, 0.05) is 6.92 Å². The van der Waals surface area contributed by atoms with Crippen LogP contribution in [0.2, 0.25) is 0 Å². The molecule has 36 heavy (non-hydrogen) atoms. The minimum atomic E-state index is -1.30. The summed E-state index contributed by atoms with van der Waals surface area (Å²) in [6.07, 6.45) is -4.24. The van der Waals surface area contributed by atoms with Crippen LogP contribution >= 0.6 is 0 Å². The summed E-state index contributed by atoms with van der Waals surface area (Å²) in [6, 6.07) is 29.2. The van der Waals surface area contributed by atoms with E-state index in [9.17, 15) is 9.90 Å². The number of esters is 1. The maximum absolute atomic E-state index is 11.5. The van der Waals surface area contributed by atoms with Crippen LogP contribution in [0.1, 0.15) is 23.6 Å². The average Bonchev–Trinajstić information content (AvgIpc) is 2.91. The molecule has 0 spiro atoms. The van der Waals surface area contributed by atoms with Crippen LogP contribution < -0.4 is 0 Å². The highest BCUT2D eigenvalue weighted by molar-refractivity contribution is 5.65. The summed E-state index contributed by atoms with van der Waals surface area (Å²) in [7, 11) is 0. The maximum Gasteiger partial charge on any atom is 0.302 e. The number of ether oxygens (including phenoxy) is 5. The molecule has 0 aromatic heterocycles. The van der Waals surface area contributed by atoms with Crippen molar-refractivity contribution in [3.63, 3.8) is 0 Å². The van der Waals surface area contributed by atoms with Crippen LogP contribution in [0, 0.1) is 0 Å². The number of benzene rings is 3. The lowest BCUT2D eigenvalue weighted by atomic mass is 9.98. The van der Waals surface area contributed by atoms with Crippen LogP contribution in [0.25, 0.3) is 0 Å². The Hall–Kier alpha value is -3.07. The van der Waals surface area contributed by atoms with Crippen molar-refractivity contribution in [1.29, 1.82) is 0 Å². The van der Waals surface area contributed by atoms with Gasteiger partial charge in [-0.15, -0.1) is 0 Å². The first kappa shape index (κ1) is 26.0. The molecule has 1 N–H and O–H groups in total. The molecule has 0 saturated carbocycles. The Balaban J connectivity index is 1.57. The van der Waals surface area contributed by atoms with Crippen LogP contribution in [0.5, 0.6) is 0 Å². The third kappa shape index (κ3) is 7.46. The highest BCUT2D eigenvalue weighted by Crippen LogP contribution is 2.30. The van der Waals surface area contributed by atoms with E-state index in [1.807, 2.05) is 91.0 Å². The molecule has 1 fully saturated rings. The number of rotatable bonds is 11. The number of carbonyl (C=O) groups excluding carboxylic acids is 1. The van der Waals surface area contributed by atoms with Gasteiger partial charge in [0.15, 0.2) is 6.29 Å². The molecule has 3 aromatic carbocycles. The van der Waals surface area contributed by atoms with Crippen molar-refractivity contribution < 1.29 is 33.6 Å². The molecule has 4 rings (SSSR count). The van der Waals surface area contributed by atoms with E-state index in [-0.39, 0.29) is 26.4 Å². The molecular weight excluding hydrogens is 460 g/mol. The van der Waals surface area contributed by atoms with Crippen molar-refractivity contribution in [2.45, 2.75) is 57.5 Å². The molecule has 0 aliphatic carbocycles. The molecule has 7 heteroatoms. The first-order chi connectivity index (χ1) is 17.6. The Morgan fingerprint density at radius 2 is 1.11 bits per heavy atom. The van der Waals surface area contributed by atoms with Crippen LogP contribution in [0.15, 0.2) is 91.0 Å². The quantitative estimate of drug-likeness (QED) is 0.405. The first-order valence-corrected chi connectivity index (χ1v) is 12.0. The molecule has 190 valence electrons. The second-order valence-corrected chi connectivity index (χ2v) is 8.65. The molecule has 5 atom stereocenters. The topological polar surface area (TPSA) is 83.5 Å². The van der Waals surface area contributed by atoms with E-state index < -0.39 is 36.7 Å². The van der Waals surface area contributed by atoms with Crippen molar-refractivity contribution in [3.8, 4) is 0 Å². The fourth-order valence-electron chi connectivity index (χ4n) is 4.10. The molecule has 1 unspecified atom stereocenters. The number of aliphatic hydroxyl groups is 1. The van der Waals surface area contributed by atoms with Crippen LogP contribution in [0.4, 0.5) is 0 Å². The molecule has 7 nitrogen and oxygen atoms in total. The van der Waals surface area contributed by atoms with E-state index in [4.69, 9.17) is 23.7 Å². The van der Waals surface area contributed by atoms with Crippen LogP contribution in [-0.4, -0.2) is 48.4 Å². The molecule has 0 amide bonds. The molecule has 3 aromatic rings. The summed E-state index contributed by atoms with van der Waals surface area (Å²) in [4.78, 5) is 11.5. The van der Waals surface area contributed by atoms with E-state index in [1.54, 1.807) is 0 Å². The Morgan fingerprint density at radius 1 is 0.694 bits per heavy atom. The number of carbonyl (C=O) groups is 1. The largest absolute Gasteiger partial charge is 0.463 e. The Labute approximate surface area is 211 Å². The average molecular weight is 493 g/mol. The lowest BCUT2D eigenvalue weighted by molar-refractivity contribution is -0.315. The van der Waals surface area contributed by atoms with Crippen molar-refractivity contribution in [2.75, 3.05) is 6.61 Å². The van der Waals surface area contributed by atoms with Gasteiger partial charge in [0.2, 0.25) is 0 Å². The SMILES string of the molecule is CC(=O)OC[C@H]1OC(O)[C@H](OCc2ccccc2)[C@@H](OCc2ccccc2)[C@H]1OCc1ccccc1. The van der Waals surface area contributed by atoms with Gasteiger partial charge in [-0.05, 0) is 16.7 Å². The predicted molar refractivity (Wildman–Crippen MR) is 133 cm³/mol. The zero-order chi connectivity index (χ0) is 25.2. The Kier molecular flexibility index (Phi) is 9.61. The van der Waals surface area contributed by atoms with Gasteiger partial charge < -0.3 is 28.8 Å². The molecule has 1 aliphatic rings. The standard InChI is InChI=1S/C29H32O7/c1-21(30)32-20-25-26(33-17-22-11-5-2-6-12-22)27(34-18-23-13-7-3-8-14-23)28(29(31)36-25)35-19-24-15-9-4-10-16-24/h2-16,25-29,31H,17-20H2,1H3/t25-,26+,27+,28-,29?/m1/s1. The minimum Gasteiger partial charge on any atom is -0.463 e. The summed E-state index contributed by atoms with van der Waals surface area (Å²) in [6.45, 7) is 2.08. The van der Waals surface area contributed by atoms with E-state index >= 15 is 0 Å². The highest BCUT2D eigenvalue weighted by Gasteiger charge is 2.48. The Morgan fingerprint density at radius 3 is 1.56 bits per heavy atom. The van der Waals surface area contributed by atoms with E-state index in [2.05, 4.69) is 0 Å². The summed E-state index contributed by atoms with van der Waals surface area (Å²) < 4.78 is 29.9. The van der Waals surface area contributed by atoms with Gasteiger partial charge >= 0.3 is 5.97 Å². The summed E-state index contributed by atoms with van der Waals surface area (Å²) in [5.74, 6) is -0.445. The first-order valence-electron chi connectivity index (χ1n) is 12.0. The van der Waals surface area contributed by atoms with Crippen molar-refractivity contribution in [3.05, 3.63) is 108 Å². The van der Waals surface area contributed by atoms with Crippen LogP contribution in [-0.2, 0) is 48.3 Å². The highest BCUT2D eigenvalue weighted by atomic mass is 16.7. The summed E-state index contributed by atoms with van der Waals surface area (Å²) >= 11 is 0. The van der Waals surface area contributed by atoms with Gasteiger partial charge in [0.1, 0.15) is 31.0 Å². The fourth-order valence-corrected chi connectivity index (χ4v) is 4.10. The van der Waals surface area contributed by atoms with Crippen molar-refractivity contribution in [2.24, 2.45) is 0 Å². The van der Waals surface area contributed by atoms with Crippen LogP contribution in [0.3, 0.4) is 0 Å². The lowest BCUT2D eigenvalue weighted by Crippen LogP contribution is -2.61. The van der Waals surface area contributed by atoms with E-state index in [0.717, 1.165) is 16.7 Å². The monoisotopic (exact) mass is 492 g/mol. The summed E-state index contributed by atoms with van der Waals surface area (Å²) in [5.41, 5.74) is 2.90. The van der Waals surface area contributed by atoms with Crippen molar-refractivity contribution in [1.82, 2.24) is 0 Å². The maximum atomic E-state index is 11.5. The fraction of sp³-hybridized carbons (Fsp3) is 0.345. The third-order valence-electron chi connectivity index (χ3n) is 5.92. The van der Waals surface area contributed by atoms with E-state index in [1.165, 1.54) is 6.92 Å². The second-order valence-electron chi connectivity index (χ2n) is 8.65. The third-order valence-corrected chi connectivity index (χ3v) is 5.92. The van der Waals surface area contributed by atoms with Gasteiger partial charge in [0.05, 0.1) is 19.8 Å². The van der Waals surface area contributed by atoms with Gasteiger partial charge in [-0.3, -0.25) is 4.79 Å². The predicted octanol–water partition coefficient (Wildman–Crippen LogP) is 4.02. The Bertz CT molecular complexity index is 1040. The molecule has 0 radical (unpaired) electrons. The zero-order valence-corrected chi connectivity index (χ0v) is 20.3. The second kappa shape index (κ2) is 13.3. The summed E-state index contributed by atoms with van der Waals surface area (Å²) in [5, 5.41) is 10.9. The number of hydrogen-bond donors (Lipinski definition) is 1. The van der Waals surface area contributed by atoms with Gasteiger partial charge in [-0.25, -0.2) is 0 Å². The molecule has 0 bridgehead atoms. The smallest absolute Gasteiger partial charge is 0.302 e. The zero-order valence-electron chi connectivity index (χ0n) is 20.3. The van der Waals surface area contributed by atoms with Gasteiger partial charge in [0.25, 0.3) is 0 Å².